The zero-order valence-electron chi connectivity index (χ0n) is 31.4. The summed E-state index contributed by atoms with van der Waals surface area (Å²) in [4.78, 5) is 0. The van der Waals surface area contributed by atoms with Crippen LogP contribution in [0.5, 0.6) is 11.5 Å². The highest BCUT2D eigenvalue weighted by Crippen LogP contribution is 2.63. The number of nitrogens with zero attached hydrogens (tertiary/aromatic N) is 2. The fourth-order valence-corrected chi connectivity index (χ4v) is 10.5. The van der Waals surface area contributed by atoms with E-state index in [-0.39, 0.29) is 0 Å². The van der Waals surface area contributed by atoms with Crippen molar-refractivity contribution in [3.05, 3.63) is 229 Å². The third kappa shape index (κ3) is 4.07. The molecule has 0 bridgehead atoms. The fourth-order valence-electron chi connectivity index (χ4n) is 10.5. The molecule has 0 N–H and O–H groups in total. The number of rotatable bonds is 3. The summed E-state index contributed by atoms with van der Waals surface area (Å²) in [6.07, 6.45) is 0. The molecule has 1 aliphatic heterocycles. The van der Waals surface area contributed by atoms with Crippen LogP contribution < -0.4 is 4.74 Å². The SMILES string of the molecule is c1ccc(-n2c3ccccc3c3cc(-c4ccc5c(c4)c4ccc6c(c4n5-c4ccccc4)-c4ccccc4C64c5ccccc5Oc5ccccc54)ccc32)cc1. The Kier molecular flexibility index (Phi) is 6.37. The molecule has 3 heteroatoms. The smallest absolute Gasteiger partial charge is 0.132 e. The lowest BCUT2D eigenvalue weighted by molar-refractivity contribution is 0.436. The molecule has 2 aliphatic rings. The highest BCUT2D eigenvalue weighted by Gasteiger charge is 2.51. The Bertz CT molecular complexity index is 3440. The van der Waals surface area contributed by atoms with Crippen LogP contribution in [0.1, 0.15) is 22.3 Å². The van der Waals surface area contributed by atoms with Crippen molar-refractivity contribution in [2.24, 2.45) is 0 Å². The first-order valence-corrected chi connectivity index (χ1v) is 20.0. The highest BCUT2D eigenvalue weighted by molar-refractivity contribution is 6.17. The Hall–Kier alpha value is -7.62. The zero-order chi connectivity index (χ0) is 38.0. The summed E-state index contributed by atoms with van der Waals surface area (Å²) in [6.45, 7) is 0. The molecule has 0 atom stereocenters. The third-order valence-electron chi connectivity index (χ3n) is 12.8. The average molecular weight is 739 g/mol. The lowest BCUT2D eigenvalue weighted by atomic mass is 9.66. The number of hydrogen-bond acceptors (Lipinski definition) is 1. The lowest BCUT2D eigenvalue weighted by Crippen LogP contribution is -2.32. The molecule has 1 spiro atoms. The molecular formula is C55H34N2O. The van der Waals surface area contributed by atoms with E-state index in [9.17, 15) is 0 Å². The van der Waals surface area contributed by atoms with Crippen molar-refractivity contribution in [2.45, 2.75) is 5.41 Å². The maximum absolute atomic E-state index is 6.65. The van der Waals surface area contributed by atoms with Gasteiger partial charge in [-0.3, -0.25) is 0 Å². The molecule has 0 radical (unpaired) electrons. The van der Waals surface area contributed by atoms with Crippen LogP contribution in [0.15, 0.2) is 206 Å². The maximum atomic E-state index is 6.65. The van der Waals surface area contributed by atoms with Crippen molar-refractivity contribution in [3.63, 3.8) is 0 Å². The molecule has 9 aromatic carbocycles. The molecule has 3 nitrogen and oxygen atoms in total. The number of benzene rings is 9. The second kappa shape index (κ2) is 11.7. The summed E-state index contributed by atoms with van der Waals surface area (Å²) in [5.74, 6) is 1.81. The van der Waals surface area contributed by atoms with Gasteiger partial charge in [0.15, 0.2) is 0 Å². The number of hydrogen-bond donors (Lipinski definition) is 0. The molecule has 58 heavy (non-hydrogen) atoms. The Morgan fingerprint density at radius 2 is 0.862 bits per heavy atom. The Labute approximate surface area is 335 Å². The summed E-state index contributed by atoms with van der Waals surface area (Å²) in [7, 11) is 0. The van der Waals surface area contributed by atoms with Gasteiger partial charge >= 0.3 is 0 Å². The van der Waals surface area contributed by atoms with Crippen molar-refractivity contribution in [2.75, 3.05) is 0 Å². The predicted molar refractivity (Wildman–Crippen MR) is 238 cm³/mol. The molecule has 0 saturated heterocycles. The van der Waals surface area contributed by atoms with E-state index < -0.39 is 5.41 Å². The van der Waals surface area contributed by atoms with Crippen molar-refractivity contribution in [3.8, 4) is 45.1 Å². The van der Waals surface area contributed by atoms with Gasteiger partial charge in [-0.25, -0.2) is 0 Å². The van der Waals surface area contributed by atoms with Gasteiger partial charge in [-0.2, -0.15) is 0 Å². The molecule has 13 rings (SSSR count). The van der Waals surface area contributed by atoms with Crippen molar-refractivity contribution >= 4 is 43.6 Å². The molecule has 3 heterocycles. The van der Waals surface area contributed by atoms with Gasteiger partial charge in [0.25, 0.3) is 0 Å². The second-order valence-electron chi connectivity index (χ2n) is 15.6. The largest absolute Gasteiger partial charge is 0.457 e. The second-order valence-corrected chi connectivity index (χ2v) is 15.6. The van der Waals surface area contributed by atoms with Crippen LogP contribution >= 0.6 is 0 Å². The number of fused-ring (bicyclic) bond motifs is 16. The lowest BCUT2D eigenvalue weighted by Gasteiger charge is -2.39. The van der Waals surface area contributed by atoms with Gasteiger partial charge < -0.3 is 13.9 Å². The van der Waals surface area contributed by atoms with Crippen LogP contribution in [0.3, 0.4) is 0 Å². The molecule has 0 fully saturated rings. The van der Waals surface area contributed by atoms with Crippen molar-refractivity contribution in [1.82, 2.24) is 9.13 Å². The van der Waals surface area contributed by atoms with Crippen LogP contribution in [-0.4, -0.2) is 9.13 Å². The summed E-state index contributed by atoms with van der Waals surface area (Å²) < 4.78 is 11.5. The first kappa shape index (κ1) is 31.6. The first-order valence-electron chi connectivity index (χ1n) is 20.0. The first-order chi connectivity index (χ1) is 28.8. The predicted octanol–water partition coefficient (Wildman–Crippen LogP) is 14.0. The summed E-state index contributed by atoms with van der Waals surface area (Å²) in [6, 6.07) is 75.3. The minimum absolute atomic E-state index is 0.539. The monoisotopic (exact) mass is 738 g/mol. The van der Waals surface area contributed by atoms with E-state index in [1.165, 1.54) is 93.8 Å². The highest BCUT2D eigenvalue weighted by atomic mass is 16.5. The normalized spacial score (nSPS) is 13.4. The van der Waals surface area contributed by atoms with Gasteiger partial charge in [-0.05, 0) is 94.5 Å². The van der Waals surface area contributed by atoms with E-state index in [0.717, 1.165) is 17.2 Å². The van der Waals surface area contributed by atoms with Gasteiger partial charge in [0.1, 0.15) is 11.5 Å². The Balaban J connectivity index is 1.10. The molecule has 2 aromatic heterocycles. The van der Waals surface area contributed by atoms with Gasteiger partial charge in [0, 0.05) is 49.6 Å². The Morgan fingerprint density at radius 3 is 1.55 bits per heavy atom. The van der Waals surface area contributed by atoms with E-state index in [1.807, 2.05) is 0 Å². The summed E-state index contributed by atoms with van der Waals surface area (Å²) >= 11 is 0. The standard InChI is InChI=1S/C55H34N2O/c1-3-15-37(16-4-1)56-48-24-12-8-19-39(48)42-33-35(27-31-49(42)56)36-28-32-50-43(34-36)40-29-30-47-53(54(40)57(50)38-17-5-2-6-18-38)41-20-7-9-21-44(41)55(47)45-22-10-13-25-51(45)58-52-26-14-11-23-46(52)55/h1-34H. The molecular weight excluding hydrogens is 705 g/mol. The average Bonchev–Trinajstić information content (AvgIpc) is 3.91. The van der Waals surface area contributed by atoms with Crippen LogP contribution in [0, 0.1) is 0 Å². The van der Waals surface area contributed by atoms with Gasteiger partial charge in [0.05, 0.1) is 27.5 Å². The van der Waals surface area contributed by atoms with Crippen LogP contribution in [0.25, 0.3) is 77.2 Å². The molecule has 0 amide bonds. The maximum Gasteiger partial charge on any atom is 0.132 e. The molecule has 270 valence electrons. The quantitative estimate of drug-likeness (QED) is 0.177. The minimum Gasteiger partial charge on any atom is -0.457 e. The fraction of sp³-hybridized carbons (Fsp3) is 0.0182. The van der Waals surface area contributed by atoms with Crippen molar-refractivity contribution in [1.29, 1.82) is 0 Å². The summed E-state index contributed by atoms with van der Waals surface area (Å²) in [5.41, 5.74) is 16.4. The summed E-state index contributed by atoms with van der Waals surface area (Å²) in [5, 5.41) is 4.98. The molecule has 0 saturated carbocycles. The topological polar surface area (TPSA) is 19.1 Å². The van der Waals surface area contributed by atoms with Gasteiger partial charge in [-0.15, -0.1) is 0 Å². The van der Waals surface area contributed by atoms with Crippen molar-refractivity contribution < 1.29 is 4.74 Å². The third-order valence-corrected chi connectivity index (χ3v) is 12.8. The molecule has 1 aliphatic carbocycles. The van der Waals surface area contributed by atoms with Gasteiger partial charge in [0.2, 0.25) is 0 Å². The van der Waals surface area contributed by atoms with E-state index >= 15 is 0 Å². The zero-order valence-corrected chi connectivity index (χ0v) is 31.4. The number of aromatic nitrogens is 2. The molecule has 0 unspecified atom stereocenters. The van der Waals surface area contributed by atoms with E-state index in [4.69, 9.17) is 4.74 Å². The Morgan fingerprint density at radius 1 is 0.345 bits per heavy atom. The van der Waals surface area contributed by atoms with E-state index in [1.54, 1.807) is 0 Å². The van der Waals surface area contributed by atoms with E-state index in [0.29, 0.717) is 0 Å². The van der Waals surface area contributed by atoms with E-state index in [2.05, 4.69) is 215 Å². The van der Waals surface area contributed by atoms with Gasteiger partial charge in [-0.1, -0.05) is 140 Å². The van der Waals surface area contributed by atoms with Crippen LogP contribution in [0.4, 0.5) is 0 Å². The van der Waals surface area contributed by atoms with Crippen LogP contribution in [0.2, 0.25) is 0 Å². The number of para-hydroxylation sites is 5. The minimum atomic E-state index is -0.539. The molecule has 11 aromatic rings. The van der Waals surface area contributed by atoms with Crippen LogP contribution in [-0.2, 0) is 5.41 Å². The number of ether oxygens (including phenoxy) is 1.